The minimum Gasteiger partial charge on any atom is -0.462 e. The highest BCUT2D eigenvalue weighted by Crippen LogP contribution is 2.30. The molecule has 0 bridgehead atoms. The lowest BCUT2D eigenvalue weighted by atomic mass is 10.1. The molecule has 0 saturated heterocycles. The molecule has 3 rings (SSSR count). The first kappa shape index (κ1) is 20.1. The largest absolute Gasteiger partial charge is 0.462 e. The minimum atomic E-state index is -0.649. The first-order chi connectivity index (χ1) is 13.9. The van der Waals surface area contributed by atoms with Gasteiger partial charge in [0.25, 0.3) is 5.69 Å². The number of aromatic nitrogens is 1. The average Bonchev–Trinajstić information content (AvgIpc) is 2.98. The number of esters is 2. The van der Waals surface area contributed by atoms with Gasteiger partial charge in [0.2, 0.25) is 0 Å². The van der Waals surface area contributed by atoms with Crippen LogP contribution in [0.5, 0.6) is 5.75 Å². The van der Waals surface area contributed by atoms with Gasteiger partial charge in [-0.25, -0.2) is 9.59 Å². The minimum absolute atomic E-state index is 0.113. The summed E-state index contributed by atoms with van der Waals surface area (Å²) >= 11 is 0. The second kappa shape index (κ2) is 8.14. The molecule has 0 aliphatic rings. The van der Waals surface area contributed by atoms with Gasteiger partial charge in [-0.3, -0.25) is 10.1 Å². The molecule has 150 valence electrons. The van der Waals surface area contributed by atoms with Crippen LogP contribution >= 0.6 is 0 Å². The number of nitrogens with zero attached hydrogens (tertiary/aromatic N) is 2. The molecule has 8 nitrogen and oxygen atoms in total. The second-order valence-electron chi connectivity index (χ2n) is 6.30. The van der Waals surface area contributed by atoms with Crippen molar-refractivity contribution in [2.24, 2.45) is 0 Å². The third-order valence-corrected chi connectivity index (χ3v) is 4.61. The Morgan fingerprint density at radius 1 is 1.07 bits per heavy atom. The number of benzene rings is 2. The van der Waals surface area contributed by atoms with Crippen LogP contribution in [0.3, 0.4) is 0 Å². The maximum Gasteiger partial charge on any atom is 0.343 e. The molecular weight excluding hydrogens is 376 g/mol. The zero-order valence-corrected chi connectivity index (χ0v) is 16.3. The summed E-state index contributed by atoms with van der Waals surface area (Å²) in [5, 5.41) is 11.4. The Labute approximate surface area is 166 Å². The summed E-state index contributed by atoms with van der Waals surface area (Å²) in [5.41, 5.74) is 2.13. The van der Waals surface area contributed by atoms with Crippen LogP contribution in [-0.4, -0.2) is 28.0 Å². The maximum absolute atomic E-state index is 12.5. The molecule has 1 heterocycles. The van der Waals surface area contributed by atoms with E-state index >= 15 is 0 Å². The SMILES string of the molecule is CCOC(=O)c1c(C)n(CC)c2ccc(OC(=O)c3ccc([N+](=O)[O-])cc3)cc12. The van der Waals surface area contributed by atoms with Gasteiger partial charge in [0.1, 0.15) is 5.75 Å². The number of nitro benzene ring substituents is 1. The van der Waals surface area contributed by atoms with E-state index in [0.717, 1.165) is 11.2 Å². The quantitative estimate of drug-likeness (QED) is 0.267. The van der Waals surface area contributed by atoms with Crippen molar-refractivity contribution in [3.05, 3.63) is 69.4 Å². The Morgan fingerprint density at radius 2 is 1.76 bits per heavy atom. The first-order valence-electron chi connectivity index (χ1n) is 9.14. The second-order valence-corrected chi connectivity index (χ2v) is 6.30. The van der Waals surface area contributed by atoms with Crippen molar-refractivity contribution in [2.75, 3.05) is 6.61 Å². The topological polar surface area (TPSA) is 101 Å². The Kier molecular flexibility index (Phi) is 5.63. The van der Waals surface area contributed by atoms with Crippen LogP contribution in [0.2, 0.25) is 0 Å². The van der Waals surface area contributed by atoms with E-state index in [1.54, 1.807) is 25.1 Å². The molecule has 0 aliphatic heterocycles. The van der Waals surface area contributed by atoms with Gasteiger partial charge in [-0.05, 0) is 51.1 Å². The third kappa shape index (κ3) is 3.82. The molecule has 3 aromatic rings. The van der Waals surface area contributed by atoms with Gasteiger partial charge in [0.05, 0.1) is 22.7 Å². The molecule has 0 atom stereocenters. The third-order valence-electron chi connectivity index (χ3n) is 4.61. The predicted octanol–water partition coefficient (Wildman–Crippen LogP) is 4.27. The Morgan fingerprint density at radius 3 is 2.34 bits per heavy atom. The fourth-order valence-electron chi connectivity index (χ4n) is 3.28. The molecule has 29 heavy (non-hydrogen) atoms. The summed E-state index contributed by atoms with van der Waals surface area (Å²) in [6.07, 6.45) is 0. The summed E-state index contributed by atoms with van der Waals surface area (Å²) in [4.78, 5) is 35.0. The zero-order valence-electron chi connectivity index (χ0n) is 16.3. The molecule has 0 fully saturated rings. The van der Waals surface area contributed by atoms with Crippen molar-refractivity contribution in [1.82, 2.24) is 4.57 Å². The van der Waals surface area contributed by atoms with Gasteiger partial charge in [-0.1, -0.05) is 0 Å². The van der Waals surface area contributed by atoms with Gasteiger partial charge in [-0.2, -0.15) is 0 Å². The molecule has 0 unspecified atom stereocenters. The Hall–Kier alpha value is -3.68. The van der Waals surface area contributed by atoms with E-state index in [9.17, 15) is 19.7 Å². The summed E-state index contributed by atoms with van der Waals surface area (Å²) < 4.78 is 12.6. The molecular formula is C21H20N2O6. The average molecular weight is 396 g/mol. The number of hydrogen-bond acceptors (Lipinski definition) is 6. The van der Waals surface area contributed by atoms with Crippen LogP contribution in [0.25, 0.3) is 10.9 Å². The number of ether oxygens (including phenoxy) is 2. The van der Waals surface area contributed by atoms with E-state index < -0.39 is 16.9 Å². The van der Waals surface area contributed by atoms with Crippen molar-refractivity contribution in [1.29, 1.82) is 0 Å². The molecule has 0 radical (unpaired) electrons. The van der Waals surface area contributed by atoms with Crippen LogP contribution in [-0.2, 0) is 11.3 Å². The molecule has 8 heteroatoms. The Bertz CT molecular complexity index is 1100. The van der Waals surface area contributed by atoms with Gasteiger partial charge in [-0.15, -0.1) is 0 Å². The number of fused-ring (bicyclic) bond motifs is 1. The van der Waals surface area contributed by atoms with E-state index in [4.69, 9.17) is 9.47 Å². The monoisotopic (exact) mass is 396 g/mol. The number of hydrogen-bond donors (Lipinski definition) is 0. The normalized spacial score (nSPS) is 10.7. The van der Waals surface area contributed by atoms with Gasteiger partial charge in [0.15, 0.2) is 0 Å². The number of non-ortho nitro benzene ring substituents is 1. The number of rotatable bonds is 6. The highest BCUT2D eigenvalue weighted by atomic mass is 16.6. The van der Waals surface area contributed by atoms with E-state index in [2.05, 4.69) is 0 Å². The molecule has 2 aromatic carbocycles. The van der Waals surface area contributed by atoms with Gasteiger partial charge in [0, 0.05) is 35.3 Å². The fourth-order valence-corrected chi connectivity index (χ4v) is 3.28. The number of carbonyl (C=O) groups excluding carboxylic acids is 2. The predicted molar refractivity (Wildman–Crippen MR) is 106 cm³/mol. The van der Waals surface area contributed by atoms with Crippen molar-refractivity contribution >= 4 is 28.5 Å². The van der Waals surface area contributed by atoms with Crippen LogP contribution < -0.4 is 4.74 Å². The van der Waals surface area contributed by atoms with Crippen molar-refractivity contribution in [3.8, 4) is 5.75 Å². The Balaban J connectivity index is 1.96. The smallest absolute Gasteiger partial charge is 0.343 e. The fraction of sp³-hybridized carbons (Fsp3) is 0.238. The molecule has 0 saturated carbocycles. The highest BCUT2D eigenvalue weighted by Gasteiger charge is 2.21. The lowest BCUT2D eigenvalue weighted by molar-refractivity contribution is -0.384. The summed E-state index contributed by atoms with van der Waals surface area (Å²) in [6, 6.07) is 10.2. The van der Waals surface area contributed by atoms with E-state index in [1.165, 1.54) is 24.3 Å². The standard InChI is InChI=1S/C21H20N2O6/c1-4-22-13(3)19(21(25)28-5-2)17-12-16(10-11-18(17)22)29-20(24)14-6-8-15(9-7-14)23(26)27/h6-12H,4-5H2,1-3H3. The zero-order chi connectivity index (χ0) is 21.1. The molecule has 0 spiro atoms. The van der Waals surface area contributed by atoms with E-state index in [-0.39, 0.29) is 23.6 Å². The lowest BCUT2D eigenvalue weighted by Gasteiger charge is -2.06. The van der Waals surface area contributed by atoms with Crippen LogP contribution in [0.4, 0.5) is 5.69 Å². The maximum atomic E-state index is 12.5. The highest BCUT2D eigenvalue weighted by molar-refractivity contribution is 6.06. The molecule has 0 N–H and O–H groups in total. The number of carbonyl (C=O) groups is 2. The van der Waals surface area contributed by atoms with E-state index in [1.807, 2.05) is 18.4 Å². The molecule has 0 aliphatic carbocycles. The first-order valence-corrected chi connectivity index (χ1v) is 9.14. The summed E-state index contributed by atoms with van der Waals surface area (Å²) in [5.74, 6) is -0.815. The number of nitro groups is 1. The van der Waals surface area contributed by atoms with Gasteiger partial charge < -0.3 is 14.0 Å². The molecule has 0 amide bonds. The lowest BCUT2D eigenvalue weighted by Crippen LogP contribution is -2.08. The van der Waals surface area contributed by atoms with Crippen molar-refractivity contribution in [3.63, 3.8) is 0 Å². The molecule has 1 aromatic heterocycles. The van der Waals surface area contributed by atoms with Gasteiger partial charge >= 0.3 is 11.9 Å². The summed E-state index contributed by atoms with van der Waals surface area (Å²) in [6.45, 7) is 6.49. The van der Waals surface area contributed by atoms with Crippen LogP contribution in [0, 0.1) is 17.0 Å². The van der Waals surface area contributed by atoms with Crippen molar-refractivity contribution in [2.45, 2.75) is 27.3 Å². The van der Waals surface area contributed by atoms with Crippen LogP contribution in [0.15, 0.2) is 42.5 Å². The van der Waals surface area contributed by atoms with Crippen LogP contribution in [0.1, 0.15) is 40.3 Å². The van der Waals surface area contributed by atoms with Crippen molar-refractivity contribution < 1.29 is 24.0 Å². The number of aryl methyl sites for hydroxylation is 1. The van der Waals surface area contributed by atoms with E-state index in [0.29, 0.717) is 17.5 Å². The summed E-state index contributed by atoms with van der Waals surface area (Å²) in [7, 11) is 0.